The molecule has 30 heavy (non-hydrogen) atoms. The number of non-ortho nitro benzene ring substituents is 1. The smallest absolute Gasteiger partial charge is 0.291 e. The SMILES string of the molecule is O=C(Nc1cc([N+](=O)[O-])ccc1Cl)c1ccc(COc2cccc3ccccc23)o1. The van der Waals surface area contributed by atoms with Crippen molar-refractivity contribution < 1.29 is 18.9 Å². The molecular weight excluding hydrogens is 408 g/mol. The van der Waals surface area contributed by atoms with Gasteiger partial charge < -0.3 is 14.5 Å². The first-order chi connectivity index (χ1) is 14.5. The number of hydrogen-bond donors (Lipinski definition) is 1. The van der Waals surface area contributed by atoms with E-state index in [4.69, 9.17) is 20.8 Å². The van der Waals surface area contributed by atoms with Crippen molar-refractivity contribution in [3.05, 3.63) is 99.5 Å². The summed E-state index contributed by atoms with van der Waals surface area (Å²) < 4.78 is 11.4. The van der Waals surface area contributed by atoms with Gasteiger partial charge in [0, 0.05) is 17.5 Å². The van der Waals surface area contributed by atoms with E-state index < -0.39 is 10.8 Å². The number of furan rings is 1. The Labute approximate surface area is 176 Å². The highest BCUT2D eigenvalue weighted by atomic mass is 35.5. The maximum absolute atomic E-state index is 12.4. The number of nitro groups is 1. The third kappa shape index (κ3) is 4.11. The number of nitro benzene ring substituents is 1. The van der Waals surface area contributed by atoms with E-state index in [0.29, 0.717) is 11.5 Å². The highest BCUT2D eigenvalue weighted by Crippen LogP contribution is 2.28. The molecule has 3 aromatic carbocycles. The molecule has 1 heterocycles. The number of rotatable bonds is 6. The minimum atomic E-state index is -0.575. The van der Waals surface area contributed by atoms with Crippen LogP contribution >= 0.6 is 11.6 Å². The van der Waals surface area contributed by atoms with Crippen LogP contribution < -0.4 is 10.1 Å². The zero-order valence-electron chi connectivity index (χ0n) is 15.5. The molecule has 0 unspecified atom stereocenters. The lowest BCUT2D eigenvalue weighted by Gasteiger charge is -2.08. The predicted octanol–water partition coefficient (Wildman–Crippen LogP) is 5.83. The zero-order valence-corrected chi connectivity index (χ0v) is 16.3. The largest absolute Gasteiger partial charge is 0.485 e. The van der Waals surface area contributed by atoms with Gasteiger partial charge in [0.25, 0.3) is 11.6 Å². The van der Waals surface area contributed by atoms with Gasteiger partial charge in [0.1, 0.15) is 18.1 Å². The molecule has 0 aliphatic heterocycles. The van der Waals surface area contributed by atoms with Gasteiger partial charge >= 0.3 is 0 Å². The van der Waals surface area contributed by atoms with E-state index >= 15 is 0 Å². The number of anilines is 1. The molecule has 1 N–H and O–H groups in total. The van der Waals surface area contributed by atoms with Crippen molar-refractivity contribution in [3.8, 4) is 5.75 Å². The van der Waals surface area contributed by atoms with E-state index in [9.17, 15) is 14.9 Å². The number of carbonyl (C=O) groups is 1. The molecular formula is C22H15ClN2O5. The second-order valence-electron chi connectivity index (χ2n) is 6.41. The third-order valence-electron chi connectivity index (χ3n) is 4.41. The fourth-order valence-electron chi connectivity index (χ4n) is 2.95. The maximum atomic E-state index is 12.4. The summed E-state index contributed by atoms with van der Waals surface area (Å²) in [7, 11) is 0. The molecule has 4 rings (SSSR count). The summed E-state index contributed by atoms with van der Waals surface area (Å²) in [5, 5.41) is 15.7. The number of amides is 1. The van der Waals surface area contributed by atoms with Crippen molar-refractivity contribution in [2.24, 2.45) is 0 Å². The van der Waals surface area contributed by atoms with Gasteiger partial charge in [-0.25, -0.2) is 0 Å². The molecule has 1 amide bonds. The fraction of sp³-hybridized carbons (Fsp3) is 0.0455. The van der Waals surface area contributed by atoms with Crippen molar-refractivity contribution in [3.63, 3.8) is 0 Å². The maximum Gasteiger partial charge on any atom is 0.291 e. The van der Waals surface area contributed by atoms with E-state index in [2.05, 4.69) is 5.32 Å². The molecule has 0 saturated carbocycles. The molecule has 0 fully saturated rings. The van der Waals surface area contributed by atoms with Crippen molar-refractivity contribution in [2.45, 2.75) is 6.61 Å². The summed E-state index contributed by atoms with van der Waals surface area (Å²) in [5.74, 6) is 0.625. The van der Waals surface area contributed by atoms with Crippen LogP contribution in [0.25, 0.3) is 10.8 Å². The molecule has 0 bridgehead atoms. The Morgan fingerprint density at radius 3 is 2.70 bits per heavy atom. The van der Waals surface area contributed by atoms with Gasteiger partial charge in [-0.15, -0.1) is 0 Å². The summed E-state index contributed by atoms with van der Waals surface area (Å²) in [6.45, 7) is 0.138. The number of carbonyl (C=O) groups excluding carboxylic acids is 1. The van der Waals surface area contributed by atoms with Crippen LogP contribution in [-0.4, -0.2) is 10.8 Å². The summed E-state index contributed by atoms with van der Waals surface area (Å²) in [4.78, 5) is 22.8. The van der Waals surface area contributed by atoms with Crippen LogP contribution in [0.15, 0.2) is 77.2 Å². The van der Waals surface area contributed by atoms with Gasteiger partial charge in [0.05, 0.1) is 15.6 Å². The first kappa shape index (κ1) is 19.5. The average Bonchev–Trinajstić information content (AvgIpc) is 3.23. The van der Waals surface area contributed by atoms with Crippen LogP contribution in [-0.2, 0) is 6.61 Å². The Hall–Kier alpha value is -3.84. The molecule has 0 aliphatic rings. The molecule has 0 radical (unpaired) electrons. The monoisotopic (exact) mass is 422 g/mol. The molecule has 0 saturated heterocycles. The van der Waals surface area contributed by atoms with Crippen molar-refractivity contribution >= 4 is 39.7 Å². The predicted molar refractivity (Wildman–Crippen MR) is 113 cm³/mol. The van der Waals surface area contributed by atoms with Gasteiger partial charge in [-0.05, 0) is 29.7 Å². The van der Waals surface area contributed by atoms with Crippen molar-refractivity contribution in [1.29, 1.82) is 0 Å². The average molecular weight is 423 g/mol. The number of nitrogens with one attached hydrogen (secondary N) is 1. The normalized spacial score (nSPS) is 10.7. The van der Waals surface area contributed by atoms with Crippen LogP contribution in [0.1, 0.15) is 16.3 Å². The number of fused-ring (bicyclic) bond motifs is 1. The number of nitrogens with zero attached hydrogens (tertiary/aromatic N) is 1. The van der Waals surface area contributed by atoms with Crippen LogP contribution in [0.2, 0.25) is 5.02 Å². The Kier molecular flexibility index (Phi) is 5.36. The number of halogens is 1. The lowest BCUT2D eigenvalue weighted by molar-refractivity contribution is -0.384. The van der Waals surface area contributed by atoms with E-state index in [1.807, 2.05) is 42.5 Å². The standard InChI is InChI=1S/C22H15ClN2O5/c23-18-10-8-15(25(27)28)12-19(18)24-22(26)21-11-9-16(30-21)13-29-20-7-3-5-14-4-1-2-6-17(14)20/h1-12H,13H2,(H,24,26). The van der Waals surface area contributed by atoms with Crippen LogP contribution in [0.3, 0.4) is 0 Å². The molecule has 7 nitrogen and oxygen atoms in total. The summed E-state index contributed by atoms with van der Waals surface area (Å²) in [6.07, 6.45) is 0. The highest BCUT2D eigenvalue weighted by Gasteiger charge is 2.16. The zero-order chi connectivity index (χ0) is 21.1. The van der Waals surface area contributed by atoms with Crippen LogP contribution in [0.5, 0.6) is 5.75 Å². The second-order valence-corrected chi connectivity index (χ2v) is 6.81. The Morgan fingerprint density at radius 2 is 1.87 bits per heavy atom. The Morgan fingerprint density at radius 1 is 1.07 bits per heavy atom. The van der Waals surface area contributed by atoms with E-state index in [1.54, 1.807) is 6.07 Å². The molecule has 1 aromatic heterocycles. The van der Waals surface area contributed by atoms with Gasteiger partial charge in [-0.2, -0.15) is 0 Å². The van der Waals surface area contributed by atoms with Crippen molar-refractivity contribution in [1.82, 2.24) is 0 Å². The lowest BCUT2D eigenvalue weighted by Crippen LogP contribution is -2.11. The van der Waals surface area contributed by atoms with Crippen molar-refractivity contribution in [2.75, 3.05) is 5.32 Å². The van der Waals surface area contributed by atoms with Gasteiger partial charge in [0.15, 0.2) is 5.76 Å². The molecule has 0 spiro atoms. The summed E-state index contributed by atoms with van der Waals surface area (Å²) in [5.41, 5.74) is -0.0563. The molecule has 0 atom stereocenters. The topological polar surface area (TPSA) is 94.6 Å². The van der Waals surface area contributed by atoms with E-state index in [0.717, 1.165) is 10.8 Å². The summed E-state index contributed by atoms with van der Waals surface area (Å²) in [6, 6.07) is 20.5. The minimum absolute atomic E-state index is 0.0362. The molecule has 0 aliphatic carbocycles. The van der Waals surface area contributed by atoms with Gasteiger partial charge in [0.2, 0.25) is 0 Å². The number of hydrogen-bond acceptors (Lipinski definition) is 5. The third-order valence-corrected chi connectivity index (χ3v) is 4.74. The van der Waals surface area contributed by atoms with Gasteiger partial charge in [-0.1, -0.05) is 48.0 Å². The number of benzene rings is 3. The Bertz CT molecular complexity index is 1250. The highest BCUT2D eigenvalue weighted by molar-refractivity contribution is 6.34. The first-order valence-corrected chi connectivity index (χ1v) is 9.33. The molecule has 150 valence electrons. The quantitative estimate of drug-likeness (QED) is 0.312. The van der Waals surface area contributed by atoms with E-state index in [1.165, 1.54) is 24.3 Å². The molecule has 4 aromatic rings. The van der Waals surface area contributed by atoms with Crippen LogP contribution in [0.4, 0.5) is 11.4 Å². The molecule has 8 heteroatoms. The van der Waals surface area contributed by atoms with Gasteiger partial charge in [-0.3, -0.25) is 14.9 Å². The van der Waals surface area contributed by atoms with E-state index in [-0.39, 0.29) is 28.8 Å². The second kappa shape index (κ2) is 8.26. The Balaban J connectivity index is 1.46. The lowest BCUT2D eigenvalue weighted by atomic mass is 10.1. The number of ether oxygens (including phenoxy) is 1. The van der Waals surface area contributed by atoms with Crippen LogP contribution in [0, 0.1) is 10.1 Å². The fourth-order valence-corrected chi connectivity index (χ4v) is 3.12. The minimum Gasteiger partial charge on any atom is -0.485 e. The first-order valence-electron chi connectivity index (χ1n) is 8.96. The summed E-state index contributed by atoms with van der Waals surface area (Å²) >= 11 is 6.01.